The van der Waals surface area contributed by atoms with Gasteiger partial charge < -0.3 is 14.8 Å². The second-order valence-electron chi connectivity index (χ2n) is 7.19. The number of Topliss-reactive ketones (excluding diaryl/α,β-unsaturated/α-hetero) is 1. The minimum Gasteiger partial charge on any atom is -0.493 e. The minimum absolute atomic E-state index is 0.201. The van der Waals surface area contributed by atoms with Crippen molar-refractivity contribution in [3.05, 3.63) is 34.9 Å². The molecule has 2 heterocycles. The van der Waals surface area contributed by atoms with Crippen molar-refractivity contribution in [3.8, 4) is 11.5 Å². The Morgan fingerprint density at radius 3 is 3.18 bits per heavy atom. The fourth-order valence-corrected chi connectivity index (χ4v) is 6.07. The molecule has 5 aliphatic rings. The first-order valence-corrected chi connectivity index (χ1v) is 8.10. The molecule has 1 saturated heterocycles. The second-order valence-corrected chi connectivity index (χ2v) is 7.19. The van der Waals surface area contributed by atoms with Crippen LogP contribution in [0.5, 0.6) is 11.5 Å². The van der Waals surface area contributed by atoms with E-state index in [0.29, 0.717) is 24.3 Å². The summed E-state index contributed by atoms with van der Waals surface area (Å²) >= 11 is 0. The van der Waals surface area contributed by atoms with Crippen molar-refractivity contribution in [2.45, 2.75) is 30.4 Å². The highest BCUT2D eigenvalue weighted by Gasteiger charge is 2.72. The van der Waals surface area contributed by atoms with E-state index in [9.17, 15) is 4.79 Å². The average Bonchev–Trinajstić information content (AvgIpc) is 3.15. The van der Waals surface area contributed by atoms with Gasteiger partial charge in [-0.1, -0.05) is 12.1 Å². The third-order valence-electron chi connectivity index (χ3n) is 6.66. The Labute approximate surface area is 128 Å². The molecule has 2 aliphatic heterocycles. The number of ether oxygens (including phenoxy) is 2. The van der Waals surface area contributed by atoms with Crippen molar-refractivity contribution in [2.75, 3.05) is 13.7 Å². The van der Waals surface area contributed by atoms with Gasteiger partial charge in [0.05, 0.1) is 12.5 Å². The predicted molar refractivity (Wildman–Crippen MR) is 79.3 cm³/mol. The van der Waals surface area contributed by atoms with Crippen LogP contribution in [0.1, 0.15) is 17.5 Å². The van der Waals surface area contributed by atoms with Gasteiger partial charge in [0.1, 0.15) is 0 Å². The van der Waals surface area contributed by atoms with E-state index in [1.165, 1.54) is 16.7 Å². The SMILES string of the molecule is COc1ccc2c3c1OC1C(=O)CC=C4C5NCC(C5C2)[C@]431. The Hall–Kier alpha value is -1.81. The molecule has 0 radical (unpaired) electrons. The molecule has 1 saturated carbocycles. The van der Waals surface area contributed by atoms with Crippen molar-refractivity contribution < 1.29 is 14.3 Å². The number of methoxy groups -OCH3 is 1. The molecule has 112 valence electrons. The first kappa shape index (κ1) is 11.7. The lowest BCUT2D eigenvalue weighted by Gasteiger charge is -2.44. The molecular weight excluding hydrogens is 278 g/mol. The monoisotopic (exact) mass is 295 g/mol. The van der Waals surface area contributed by atoms with Gasteiger partial charge in [-0.15, -0.1) is 0 Å². The number of piperidine rings is 1. The molecule has 4 unspecified atom stereocenters. The van der Waals surface area contributed by atoms with Crippen LogP contribution in [0, 0.1) is 11.8 Å². The van der Waals surface area contributed by atoms with Crippen LogP contribution in [-0.4, -0.2) is 31.6 Å². The van der Waals surface area contributed by atoms with E-state index in [1.54, 1.807) is 7.11 Å². The summed E-state index contributed by atoms with van der Waals surface area (Å²) in [5.74, 6) is 2.91. The summed E-state index contributed by atoms with van der Waals surface area (Å²) in [4.78, 5) is 12.7. The molecule has 1 spiro atoms. The first-order valence-electron chi connectivity index (χ1n) is 8.10. The van der Waals surface area contributed by atoms with Gasteiger partial charge in [0.2, 0.25) is 0 Å². The van der Waals surface area contributed by atoms with E-state index in [-0.39, 0.29) is 17.3 Å². The van der Waals surface area contributed by atoms with Crippen LogP contribution in [0.15, 0.2) is 23.8 Å². The van der Waals surface area contributed by atoms with Crippen molar-refractivity contribution >= 4 is 5.78 Å². The second kappa shape index (κ2) is 3.40. The van der Waals surface area contributed by atoms with Gasteiger partial charge in [-0.05, 0) is 35.5 Å². The average molecular weight is 295 g/mol. The van der Waals surface area contributed by atoms with Gasteiger partial charge >= 0.3 is 0 Å². The third-order valence-corrected chi connectivity index (χ3v) is 6.66. The number of benzene rings is 1. The zero-order valence-corrected chi connectivity index (χ0v) is 12.4. The van der Waals surface area contributed by atoms with Crippen molar-refractivity contribution in [1.29, 1.82) is 0 Å². The highest BCUT2D eigenvalue weighted by molar-refractivity contribution is 5.93. The zero-order chi connectivity index (χ0) is 14.6. The fourth-order valence-electron chi connectivity index (χ4n) is 6.07. The van der Waals surface area contributed by atoms with Crippen LogP contribution in [0.2, 0.25) is 0 Å². The largest absolute Gasteiger partial charge is 0.493 e. The number of rotatable bonds is 1. The standard InChI is InChI=1S/C18H17NO3/c1-21-13-5-2-8-6-9-11-7-19-15(9)10-3-4-12(20)17-18(10,11)14(8)16(13)22-17/h2-3,5,9,11,15,17,19H,4,6-7H2,1H3/t9?,11?,15?,17?,18-/m1/s1. The minimum atomic E-state index is -0.336. The molecule has 4 nitrogen and oxygen atoms in total. The summed E-state index contributed by atoms with van der Waals surface area (Å²) in [6.45, 7) is 0.996. The van der Waals surface area contributed by atoms with Crippen LogP contribution in [0.3, 0.4) is 0 Å². The van der Waals surface area contributed by atoms with Crippen molar-refractivity contribution in [3.63, 3.8) is 0 Å². The Morgan fingerprint density at radius 1 is 1.41 bits per heavy atom. The van der Waals surface area contributed by atoms with Crippen LogP contribution < -0.4 is 14.8 Å². The summed E-state index contributed by atoms with van der Waals surface area (Å²) in [5, 5.41) is 3.68. The van der Waals surface area contributed by atoms with Crippen LogP contribution in [0.4, 0.5) is 0 Å². The molecule has 5 atom stereocenters. The predicted octanol–water partition coefficient (Wildman–Crippen LogP) is 1.37. The summed E-state index contributed by atoms with van der Waals surface area (Å²) in [7, 11) is 1.67. The van der Waals surface area contributed by atoms with Crippen molar-refractivity contribution in [2.24, 2.45) is 11.8 Å². The number of carbonyl (C=O) groups is 1. The topological polar surface area (TPSA) is 47.6 Å². The third kappa shape index (κ3) is 0.951. The molecule has 3 aliphatic carbocycles. The van der Waals surface area contributed by atoms with Crippen LogP contribution in [0.25, 0.3) is 0 Å². The summed E-state index contributed by atoms with van der Waals surface area (Å²) in [5.41, 5.74) is 3.84. The van der Waals surface area contributed by atoms with E-state index in [1.807, 2.05) is 6.07 Å². The normalized spacial score (nSPS) is 42.0. The Bertz CT molecular complexity index is 783. The highest BCUT2D eigenvalue weighted by atomic mass is 16.5. The number of carbonyl (C=O) groups excluding carboxylic acids is 1. The molecule has 0 aromatic heterocycles. The van der Waals surface area contributed by atoms with E-state index in [2.05, 4.69) is 17.5 Å². The number of hydrogen-bond acceptors (Lipinski definition) is 4. The molecule has 4 heteroatoms. The van der Waals surface area contributed by atoms with Gasteiger partial charge in [0, 0.05) is 24.6 Å². The number of hydrogen-bond donors (Lipinski definition) is 1. The summed E-state index contributed by atoms with van der Waals surface area (Å²) in [6.07, 6.45) is 3.44. The highest BCUT2D eigenvalue weighted by Crippen LogP contribution is 2.69. The lowest BCUT2D eigenvalue weighted by atomic mass is 9.58. The Morgan fingerprint density at radius 2 is 2.32 bits per heavy atom. The van der Waals surface area contributed by atoms with Gasteiger partial charge in [-0.3, -0.25) is 4.79 Å². The molecule has 1 N–H and O–H groups in total. The van der Waals surface area contributed by atoms with Crippen molar-refractivity contribution in [1.82, 2.24) is 5.32 Å². The van der Waals surface area contributed by atoms with Crippen LogP contribution >= 0.6 is 0 Å². The van der Waals surface area contributed by atoms with Gasteiger partial charge in [-0.2, -0.15) is 0 Å². The first-order chi connectivity index (χ1) is 10.8. The molecule has 1 aromatic rings. The lowest BCUT2D eigenvalue weighted by Crippen LogP contribution is -2.55. The molecule has 22 heavy (non-hydrogen) atoms. The fraction of sp³-hybridized carbons (Fsp3) is 0.500. The van der Waals surface area contributed by atoms with E-state index < -0.39 is 0 Å². The van der Waals surface area contributed by atoms with Gasteiger partial charge in [-0.25, -0.2) is 0 Å². The van der Waals surface area contributed by atoms with Gasteiger partial charge in [0.15, 0.2) is 23.4 Å². The number of ketones is 1. The summed E-state index contributed by atoms with van der Waals surface area (Å²) < 4.78 is 11.8. The van der Waals surface area contributed by atoms with Crippen LogP contribution in [-0.2, 0) is 16.6 Å². The number of nitrogens with one attached hydrogen (secondary N) is 1. The smallest absolute Gasteiger partial charge is 0.178 e. The lowest BCUT2D eigenvalue weighted by molar-refractivity contribution is -0.128. The van der Waals surface area contributed by atoms with E-state index in [0.717, 1.165) is 24.5 Å². The maximum atomic E-state index is 12.7. The maximum absolute atomic E-state index is 12.7. The molecule has 0 amide bonds. The zero-order valence-electron chi connectivity index (χ0n) is 12.4. The quantitative estimate of drug-likeness (QED) is 0.795. The molecular formula is C18H17NO3. The number of fused-ring (bicyclic) bond motifs is 1. The molecule has 1 aromatic carbocycles. The van der Waals surface area contributed by atoms with E-state index in [4.69, 9.17) is 9.47 Å². The molecule has 2 fully saturated rings. The van der Waals surface area contributed by atoms with Gasteiger partial charge in [0.25, 0.3) is 0 Å². The number of allylic oxidation sites excluding steroid dienone is 1. The molecule has 4 bridgehead atoms. The summed E-state index contributed by atoms with van der Waals surface area (Å²) in [6, 6.07) is 4.60. The maximum Gasteiger partial charge on any atom is 0.178 e. The molecule has 6 rings (SSSR count). The van der Waals surface area contributed by atoms with E-state index >= 15 is 0 Å². The Kier molecular flexibility index (Phi) is 1.81. The Balaban J connectivity index is 1.75.